The zero-order chi connectivity index (χ0) is 16.4. The number of fused-ring (bicyclic) bond motifs is 1. The number of rotatable bonds is 2. The van der Waals surface area contributed by atoms with Crippen molar-refractivity contribution in [3.8, 4) is 0 Å². The molecule has 1 aromatic carbocycles. The van der Waals surface area contributed by atoms with Crippen molar-refractivity contribution >= 4 is 11.8 Å². The van der Waals surface area contributed by atoms with E-state index in [1.54, 1.807) is 4.90 Å². The Kier molecular flexibility index (Phi) is 4.39. The maximum atomic E-state index is 13.2. The van der Waals surface area contributed by atoms with Crippen molar-refractivity contribution in [3.63, 3.8) is 0 Å². The van der Waals surface area contributed by atoms with E-state index in [9.17, 15) is 9.59 Å². The molecule has 1 aliphatic carbocycles. The molecule has 1 heterocycles. The first-order chi connectivity index (χ1) is 11.1. The third-order valence-electron chi connectivity index (χ3n) is 5.26. The van der Waals surface area contributed by atoms with Gasteiger partial charge in [-0.2, -0.15) is 0 Å². The smallest absolute Gasteiger partial charge is 0.248 e. The average molecular weight is 316 g/mol. The van der Waals surface area contributed by atoms with Gasteiger partial charge in [0.2, 0.25) is 11.8 Å². The van der Waals surface area contributed by atoms with E-state index in [1.165, 1.54) is 5.56 Å². The molecule has 1 atom stereocenters. The number of hydrogen-bond donors (Lipinski definition) is 1. The first kappa shape index (κ1) is 16.0. The van der Waals surface area contributed by atoms with Crippen LogP contribution in [0.15, 0.2) is 24.3 Å². The number of amides is 2. The van der Waals surface area contributed by atoms with Crippen LogP contribution < -0.4 is 0 Å². The standard InChI is InChI=1S/C18H24N2O3/c1-18(8-4-6-14-5-2-3-7-15(14)18)17(23)20-11-9-19(10-12-20)16(22)13-21/h2-3,5,7,21H,4,6,8-13H2,1H3. The molecule has 3 rings (SSSR count). The van der Waals surface area contributed by atoms with Crippen molar-refractivity contribution < 1.29 is 14.7 Å². The average Bonchev–Trinajstić information content (AvgIpc) is 2.61. The lowest BCUT2D eigenvalue weighted by molar-refractivity contribution is -0.144. The van der Waals surface area contributed by atoms with Crippen molar-refractivity contribution in [2.75, 3.05) is 32.8 Å². The third kappa shape index (κ3) is 2.85. The minimum absolute atomic E-state index is 0.167. The number of aliphatic hydroxyl groups excluding tert-OH is 1. The molecular weight excluding hydrogens is 292 g/mol. The summed E-state index contributed by atoms with van der Waals surface area (Å²) in [6, 6.07) is 8.25. The number of benzene rings is 1. The van der Waals surface area contributed by atoms with Gasteiger partial charge in [-0.3, -0.25) is 9.59 Å². The summed E-state index contributed by atoms with van der Waals surface area (Å²) in [6.45, 7) is 3.69. The summed E-state index contributed by atoms with van der Waals surface area (Å²) in [5.74, 6) is -0.0907. The Balaban J connectivity index is 1.76. The Labute approximate surface area is 136 Å². The molecule has 0 aromatic heterocycles. The lowest BCUT2D eigenvalue weighted by Crippen LogP contribution is -2.55. The summed E-state index contributed by atoms with van der Waals surface area (Å²) in [5.41, 5.74) is 1.98. The molecule has 0 spiro atoms. The third-order valence-corrected chi connectivity index (χ3v) is 5.26. The van der Waals surface area contributed by atoms with Crippen molar-refractivity contribution in [2.24, 2.45) is 0 Å². The summed E-state index contributed by atoms with van der Waals surface area (Å²) in [4.78, 5) is 28.2. The zero-order valence-electron chi connectivity index (χ0n) is 13.6. The molecule has 1 fully saturated rings. The zero-order valence-corrected chi connectivity index (χ0v) is 13.6. The number of piperazine rings is 1. The Morgan fingerprint density at radius 3 is 2.48 bits per heavy atom. The summed E-state index contributed by atoms with van der Waals surface area (Å²) >= 11 is 0. The second-order valence-corrected chi connectivity index (χ2v) is 6.67. The Morgan fingerprint density at radius 2 is 1.78 bits per heavy atom. The van der Waals surface area contributed by atoms with Gasteiger partial charge in [0.05, 0.1) is 5.41 Å². The van der Waals surface area contributed by atoms with E-state index in [4.69, 9.17) is 5.11 Å². The minimum Gasteiger partial charge on any atom is -0.387 e. The van der Waals surface area contributed by atoms with Crippen LogP contribution in [0, 0.1) is 0 Å². The van der Waals surface area contributed by atoms with Crippen LogP contribution in [0.25, 0.3) is 0 Å². The predicted molar refractivity (Wildman–Crippen MR) is 87.0 cm³/mol. The quantitative estimate of drug-likeness (QED) is 0.883. The number of hydrogen-bond acceptors (Lipinski definition) is 3. The number of carbonyl (C=O) groups is 2. The van der Waals surface area contributed by atoms with Gasteiger partial charge < -0.3 is 14.9 Å². The fourth-order valence-corrected chi connectivity index (χ4v) is 3.87. The van der Waals surface area contributed by atoms with Crippen LogP contribution in [0.3, 0.4) is 0 Å². The van der Waals surface area contributed by atoms with Crippen LogP contribution >= 0.6 is 0 Å². The molecule has 0 saturated carbocycles. The molecule has 1 unspecified atom stereocenters. The number of carbonyl (C=O) groups excluding carboxylic acids is 2. The van der Waals surface area contributed by atoms with Gasteiger partial charge in [-0.05, 0) is 37.3 Å². The number of nitrogens with zero attached hydrogens (tertiary/aromatic N) is 2. The molecule has 2 amide bonds. The van der Waals surface area contributed by atoms with Gasteiger partial charge in [0.25, 0.3) is 0 Å². The lowest BCUT2D eigenvalue weighted by atomic mass is 9.70. The van der Waals surface area contributed by atoms with Gasteiger partial charge in [0, 0.05) is 26.2 Å². The molecular formula is C18H24N2O3. The molecule has 1 saturated heterocycles. The van der Waals surface area contributed by atoms with Gasteiger partial charge in [-0.15, -0.1) is 0 Å². The maximum absolute atomic E-state index is 13.2. The van der Waals surface area contributed by atoms with Crippen LogP contribution in [-0.4, -0.2) is 59.5 Å². The van der Waals surface area contributed by atoms with E-state index >= 15 is 0 Å². The highest BCUT2D eigenvalue weighted by Gasteiger charge is 2.42. The molecule has 2 aliphatic rings. The molecule has 5 heteroatoms. The van der Waals surface area contributed by atoms with Crippen LogP contribution in [0.4, 0.5) is 0 Å². The molecule has 23 heavy (non-hydrogen) atoms. The van der Waals surface area contributed by atoms with E-state index in [1.807, 2.05) is 17.0 Å². The highest BCUT2D eigenvalue weighted by molar-refractivity contribution is 5.89. The van der Waals surface area contributed by atoms with Crippen LogP contribution in [0.2, 0.25) is 0 Å². The first-order valence-corrected chi connectivity index (χ1v) is 8.32. The van der Waals surface area contributed by atoms with Crippen LogP contribution in [0.5, 0.6) is 0 Å². The number of aryl methyl sites for hydroxylation is 1. The second kappa shape index (κ2) is 6.32. The summed E-state index contributed by atoms with van der Waals surface area (Å²) in [6.07, 6.45) is 2.94. The van der Waals surface area contributed by atoms with Crippen molar-refractivity contribution in [2.45, 2.75) is 31.6 Å². The minimum atomic E-state index is -0.460. The highest BCUT2D eigenvalue weighted by atomic mass is 16.3. The SMILES string of the molecule is CC1(C(=O)N2CCN(C(=O)CO)CC2)CCCc2ccccc21. The van der Waals surface area contributed by atoms with Crippen molar-refractivity contribution in [1.82, 2.24) is 9.80 Å². The van der Waals surface area contributed by atoms with E-state index in [0.717, 1.165) is 24.8 Å². The molecule has 0 bridgehead atoms. The predicted octanol–water partition coefficient (Wildman–Crippen LogP) is 0.944. The summed E-state index contributed by atoms with van der Waals surface area (Å²) in [7, 11) is 0. The maximum Gasteiger partial charge on any atom is 0.248 e. The molecule has 0 radical (unpaired) electrons. The topological polar surface area (TPSA) is 60.9 Å². The Morgan fingerprint density at radius 1 is 1.13 bits per heavy atom. The highest BCUT2D eigenvalue weighted by Crippen LogP contribution is 2.38. The fraction of sp³-hybridized carbons (Fsp3) is 0.556. The molecule has 5 nitrogen and oxygen atoms in total. The Bertz CT molecular complexity index is 608. The van der Waals surface area contributed by atoms with Gasteiger partial charge in [0.1, 0.15) is 6.61 Å². The molecule has 1 aromatic rings. The van der Waals surface area contributed by atoms with Crippen LogP contribution in [0.1, 0.15) is 30.9 Å². The monoisotopic (exact) mass is 316 g/mol. The number of aliphatic hydroxyl groups is 1. The van der Waals surface area contributed by atoms with Gasteiger partial charge in [0.15, 0.2) is 0 Å². The second-order valence-electron chi connectivity index (χ2n) is 6.67. The van der Waals surface area contributed by atoms with Crippen molar-refractivity contribution in [3.05, 3.63) is 35.4 Å². The largest absolute Gasteiger partial charge is 0.387 e. The van der Waals surface area contributed by atoms with E-state index in [-0.39, 0.29) is 11.8 Å². The van der Waals surface area contributed by atoms with E-state index in [2.05, 4.69) is 19.1 Å². The van der Waals surface area contributed by atoms with Crippen molar-refractivity contribution in [1.29, 1.82) is 0 Å². The molecule has 1 N–H and O–H groups in total. The normalized spacial score (nSPS) is 24.3. The van der Waals surface area contributed by atoms with E-state index in [0.29, 0.717) is 26.2 Å². The fourth-order valence-electron chi connectivity index (χ4n) is 3.87. The van der Waals surface area contributed by atoms with Crippen LogP contribution in [-0.2, 0) is 21.4 Å². The van der Waals surface area contributed by atoms with Gasteiger partial charge >= 0.3 is 0 Å². The molecule has 1 aliphatic heterocycles. The van der Waals surface area contributed by atoms with Gasteiger partial charge in [-0.1, -0.05) is 24.3 Å². The summed E-state index contributed by atoms with van der Waals surface area (Å²) in [5, 5.41) is 8.94. The lowest BCUT2D eigenvalue weighted by Gasteiger charge is -2.42. The van der Waals surface area contributed by atoms with E-state index < -0.39 is 12.0 Å². The summed E-state index contributed by atoms with van der Waals surface area (Å²) < 4.78 is 0. The van der Waals surface area contributed by atoms with Gasteiger partial charge in [-0.25, -0.2) is 0 Å². The Hall–Kier alpha value is -1.88. The first-order valence-electron chi connectivity index (χ1n) is 8.32. The molecule has 124 valence electrons.